The SMILES string of the molecule is COc1ccccc1O.OCC(Cl)(Cl)Cl. The van der Waals surface area contributed by atoms with E-state index >= 15 is 0 Å². The Bertz CT molecular complexity index is 286. The monoisotopic (exact) mass is 272 g/mol. The van der Waals surface area contributed by atoms with E-state index in [0.717, 1.165) is 0 Å². The maximum Gasteiger partial charge on any atom is 0.213 e. The number of phenolic OH excluding ortho intramolecular Hbond substituents is 1. The number of aliphatic hydroxyl groups is 1. The lowest BCUT2D eigenvalue weighted by atomic mass is 10.3. The highest BCUT2D eigenvalue weighted by molar-refractivity contribution is 6.67. The number of methoxy groups -OCH3 is 1. The van der Waals surface area contributed by atoms with E-state index < -0.39 is 10.4 Å². The van der Waals surface area contributed by atoms with Crippen LogP contribution < -0.4 is 4.74 Å². The second kappa shape index (κ2) is 7.01. The highest BCUT2D eigenvalue weighted by Gasteiger charge is 2.16. The van der Waals surface area contributed by atoms with Gasteiger partial charge in [-0.1, -0.05) is 46.9 Å². The molecule has 1 rings (SSSR count). The van der Waals surface area contributed by atoms with Gasteiger partial charge in [0.1, 0.15) is 0 Å². The molecule has 0 fully saturated rings. The van der Waals surface area contributed by atoms with Crippen LogP contribution in [0.5, 0.6) is 11.5 Å². The number of hydrogen-bond acceptors (Lipinski definition) is 3. The van der Waals surface area contributed by atoms with Crippen LogP contribution in [0.15, 0.2) is 24.3 Å². The molecule has 0 aliphatic carbocycles. The summed E-state index contributed by atoms with van der Waals surface area (Å²) in [5.41, 5.74) is 0. The number of ether oxygens (including phenoxy) is 1. The third kappa shape index (κ3) is 7.56. The van der Waals surface area contributed by atoms with E-state index in [0.29, 0.717) is 5.75 Å². The molecule has 0 heterocycles. The zero-order chi connectivity index (χ0) is 11.9. The molecular weight excluding hydrogens is 262 g/mol. The van der Waals surface area contributed by atoms with Gasteiger partial charge in [0.15, 0.2) is 11.5 Å². The molecule has 86 valence electrons. The van der Waals surface area contributed by atoms with Gasteiger partial charge in [0.2, 0.25) is 3.79 Å². The largest absolute Gasteiger partial charge is 0.504 e. The molecule has 0 saturated heterocycles. The van der Waals surface area contributed by atoms with Crippen LogP contribution >= 0.6 is 34.8 Å². The number of halogens is 3. The summed E-state index contributed by atoms with van der Waals surface area (Å²) in [6, 6.07) is 6.84. The summed E-state index contributed by atoms with van der Waals surface area (Å²) in [5.74, 6) is 0.692. The molecule has 0 unspecified atom stereocenters. The number of hydrogen-bond donors (Lipinski definition) is 2. The van der Waals surface area contributed by atoms with Gasteiger partial charge in [0.25, 0.3) is 0 Å². The average Bonchev–Trinajstić information content (AvgIpc) is 2.18. The van der Waals surface area contributed by atoms with Crippen LogP contribution in [0.2, 0.25) is 0 Å². The molecule has 2 N–H and O–H groups in total. The zero-order valence-electron chi connectivity index (χ0n) is 7.95. The molecule has 0 saturated carbocycles. The first kappa shape index (κ1) is 14.6. The molecule has 0 spiro atoms. The van der Waals surface area contributed by atoms with Crippen LogP contribution in [0.25, 0.3) is 0 Å². The third-order valence-corrected chi connectivity index (χ3v) is 1.62. The van der Waals surface area contributed by atoms with E-state index in [4.69, 9.17) is 49.8 Å². The minimum atomic E-state index is -1.49. The van der Waals surface area contributed by atoms with Gasteiger partial charge in [-0.3, -0.25) is 0 Å². The van der Waals surface area contributed by atoms with E-state index in [1.807, 2.05) is 0 Å². The number of rotatable bonds is 1. The Labute approximate surface area is 103 Å². The van der Waals surface area contributed by atoms with Gasteiger partial charge in [0.05, 0.1) is 13.7 Å². The molecule has 1 aromatic carbocycles. The first-order valence-corrected chi connectivity index (χ1v) is 5.03. The molecule has 0 aliphatic heterocycles. The summed E-state index contributed by atoms with van der Waals surface area (Å²) < 4.78 is 3.31. The van der Waals surface area contributed by atoms with Gasteiger partial charge >= 0.3 is 0 Å². The van der Waals surface area contributed by atoms with E-state index in [-0.39, 0.29) is 5.75 Å². The molecule has 15 heavy (non-hydrogen) atoms. The van der Waals surface area contributed by atoms with Crippen molar-refractivity contribution in [1.29, 1.82) is 0 Å². The predicted molar refractivity (Wildman–Crippen MR) is 62.0 cm³/mol. The quantitative estimate of drug-likeness (QED) is 0.774. The minimum Gasteiger partial charge on any atom is -0.504 e. The molecule has 0 aromatic heterocycles. The number of benzene rings is 1. The fourth-order valence-corrected chi connectivity index (χ4v) is 0.630. The van der Waals surface area contributed by atoms with Crippen LogP contribution in [0.1, 0.15) is 0 Å². The lowest BCUT2D eigenvalue weighted by Gasteiger charge is -2.01. The van der Waals surface area contributed by atoms with Crippen LogP contribution in [0, 0.1) is 0 Å². The van der Waals surface area contributed by atoms with Gasteiger partial charge in [-0.05, 0) is 12.1 Å². The Morgan fingerprint density at radius 1 is 1.27 bits per heavy atom. The zero-order valence-corrected chi connectivity index (χ0v) is 10.2. The Balaban J connectivity index is 0.000000288. The highest BCUT2D eigenvalue weighted by Crippen LogP contribution is 2.24. The summed E-state index contributed by atoms with van der Waals surface area (Å²) in [4.78, 5) is 0. The van der Waals surface area contributed by atoms with Crippen molar-refractivity contribution in [3.63, 3.8) is 0 Å². The minimum absolute atomic E-state index is 0.181. The van der Waals surface area contributed by atoms with Crippen LogP contribution in [-0.4, -0.2) is 27.7 Å². The van der Waals surface area contributed by atoms with Crippen molar-refractivity contribution >= 4 is 34.8 Å². The summed E-state index contributed by atoms with van der Waals surface area (Å²) >= 11 is 15.0. The van der Waals surface area contributed by atoms with Crippen molar-refractivity contribution in [2.24, 2.45) is 0 Å². The summed E-state index contributed by atoms with van der Waals surface area (Å²) in [5, 5.41) is 17.0. The van der Waals surface area contributed by atoms with Gasteiger partial charge in [-0.25, -0.2) is 0 Å². The highest BCUT2D eigenvalue weighted by atomic mass is 35.6. The maximum absolute atomic E-state index is 8.99. The van der Waals surface area contributed by atoms with Crippen molar-refractivity contribution in [2.75, 3.05) is 13.7 Å². The predicted octanol–water partition coefficient (Wildman–Crippen LogP) is 2.75. The smallest absolute Gasteiger partial charge is 0.213 e. The van der Waals surface area contributed by atoms with E-state index in [9.17, 15) is 0 Å². The standard InChI is InChI=1S/C7H8O2.C2H3Cl3O/c1-9-7-5-3-2-4-6(7)8;3-2(4,5)1-6/h2-5,8H,1H3;6H,1H2. The first-order chi connectivity index (χ1) is 6.90. The number of aliphatic hydroxyl groups excluding tert-OH is 1. The Morgan fingerprint density at radius 3 is 2.00 bits per heavy atom. The van der Waals surface area contributed by atoms with E-state index in [1.54, 1.807) is 24.3 Å². The fourth-order valence-electron chi connectivity index (χ4n) is 0.630. The third-order valence-electron chi connectivity index (χ3n) is 1.26. The van der Waals surface area contributed by atoms with Crippen molar-refractivity contribution < 1.29 is 14.9 Å². The molecule has 1 aromatic rings. The summed E-state index contributed by atoms with van der Waals surface area (Å²) in [6.07, 6.45) is 0. The van der Waals surface area contributed by atoms with Crippen molar-refractivity contribution in [3.8, 4) is 11.5 Å². The Kier molecular flexibility index (Phi) is 6.85. The van der Waals surface area contributed by atoms with Gasteiger partial charge in [-0.2, -0.15) is 0 Å². The summed E-state index contributed by atoms with van der Waals surface area (Å²) in [7, 11) is 1.52. The Hall–Kier alpha value is -0.350. The molecular formula is C9H11Cl3O3. The number of aromatic hydroxyl groups is 1. The first-order valence-electron chi connectivity index (χ1n) is 3.90. The molecule has 6 heteroatoms. The summed E-state index contributed by atoms with van der Waals surface area (Å²) in [6.45, 7) is -0.433. The number of para-hydroxylation sites is 2. The van der Waals surface area contributed by atoms with Crippen LogP contribution in [0.3, 0.4) is 0 Å². The van der Waals surface area contributed by atoms with Gasteiger partial charge in [-0.15, -0.1) is 0 Å². The van der Waals surface area contributed by atoms with Gasteiger partial charge in [0, 0.05) is 0 Å². The topological polar surface area (TPSA) is 49.7 Å². The molecule has 0 radical (unpaired) electrons. The molecule has 0 aliphatic rings. The molecule has 0 atom stereocenters. The lowest BCUT2D eigenvalue weighted by molar-refractivity contribution is 0.303. The van der Waals surface area contributed by atoms with Crippen LogP contribution in [-0.2, 0) is 0 Å². The van der Waals surface area contributed by atoms with E-state index in [1.165, 1.54) is 7.11 Å². The average molecular weight is 274 g/mol. The molecule has 0 bridgehead atoms. The molecule has 0 amide bonds. The van der Waals surface area contributed by atoms with Gasteiger partial charge < -0.3 is 14.9 Å². The van der Waals surface area contributed by atoms with Crippen LogP contribution in [0.4, 0.5) is 0 Å². The Morgan fingerprint density at radius 2 is 1.73 bits per heavy atom. The number of phenols is 1. The molecule has 3 nitrogen and oxygen atoms in total. The van der Waals surface area contributed by atoms with Crippen molar-refractivity contribution in [3.05, 3.63) is 24.3 Å². The second-order valence-electron chi connectivity index (χ2n) is 2.45. The van der Waals surface area contributed by atoms with Crippen molar-refractivity contribution in [1.82, 2.24) is 0 Å². The normalized spacial score (nSPS) is 10.2. The second-order valence-corrected chi connectivity index (χ2v) is 4.96. The fraction of sp³-hybridized carbons (Fsp3) is 0.333. The van der Waals surface area contributed by atoms with E-state index in [2.05, 4.69) is 0 Å². The number of alkyl halides is 3. The maximum atomic E-state index is 8.99. The van der Waals surface area contributed by atoms with Crippen molar-refractivity contribution in [2.45, 2.75) is 3.79 Å². The lowest BCUT2D eigenvalue weighted by Crippen LogP contribution is -2.06.